The normalized spacial score (nSPS) is 12.0. The van der Waals surface area contributed by atoms with Gasteiger partial charge in [0, 0.05) is 24.8 Å². The summed E-state index contributed by atoms with van der Waals surface area (Å²) < 4.78 is 1.74. The van der Waals surface area contributed by atoms with Crippen molar-refractivity contribution in [3.63, 3.8) is 0 Å². The predicted molar refractivity (Wildman–Crippen MR) is 90.7 cm³/mol. The maximum Gasteiger partial charge on any atom is 0.308 e. The van der Waals surface area contributed by atoms with E-state index in [1.165, 1.54) is 0 Å². The van der Waals surface area contributed by atoms with Gasteiger partial charge in [0.25, 0.3) is 0 Å². The lowest BCUT2D eigenvalue weighted by Crippen LogP contribution is -2.35. The van der Waals surface area contributed by atoms with Crippen molar-refractivity contribution in [1.82, 2.24) is 15.1 Å². The SMILES string of the molecule is Cc1nn(C)c(C)c1CC(=O)NCC(Cc1ccccc1)C(=O)O. The van der Waals surface area contributed by atoms with Crippen LogP contribution < -0.4 is 5.32 Å². The number of carboxylic acid groups (broad SMARTS) is 1. The number of aliphatic carboxylic acids is 1. The van der Waals surface area contributed by atoms with Gasteiger partial charge in [-0.3, -0.25) is 14.3 Å². The van der Waals surface area contributed by atoms with Crippen molar-refractivity contribution in [3.8, 4) is 0 Å². The molecule has 2 rings (SSSR count). The summed E-state index contributed by atoms with van der Waals surface area (Å²) in [6.07, 6.45) is 0.602. The van der Waals surface area contributed by atoms with E-state index in [9.17, 15) is 14.7 Å². The van der Waals surface area contributed by atoms with E-state index in [0.717, 1.165) is 22.5 Å². The van der Waals surface area contributed by atoms with E-state index < -0.39 is 11.9 Å². The van der Waals surface area contributed by atoms with Crippen LogP contribution in [0.25, 0.3) is 0 Å². The lowest BCUT2D eigenvalue weighted by atomic mass is 9.99. The Balaban J connectivity index is 1.94. The highest BCUT2D eigenvalue weighted by atomic mass is 16.4. The van der Waals surface area contributed by atoms with Gasteiger partial charge in [-0.1, -0.05) is 30.3 Å². The van der Waals surface area contributed by atoms with Crippen LogP contribution in [0.3, 0.4) is 0 Å². The lowest BCUT2D eigenvalue weighted by molar-refractivity contribution is -0.141. The Hall–Kier alpha value is -2.63. The molecule has 0 spiro atoms. The fourth-order valence-corrected chi connectivity index (χ4v) is 2.68. The summed E-state index contributed by atoms with van der Waals surface area (Å²) in [5.41, 5.74) is 3.61. The van der Waals surface area contributed by atoms with Crippen LogP contribution in [0, 0.1) is 19.8 Å². The number of benzene rings is 1. The van der Waals surface area contributed by atoms with Gasteiger partial charge in [0.2, 0.25) is 5.91 Å². The Morgan fingerprint density at radius 1 is 1.25 bits per heavy atom. The largest absolute Gasteiger partial charge is 0.481 e. The highest BCUT2D eigenvalue weighted by molar-refractivity contribution is 5.80. The molecular weight excluding hydrogens is 306 g/mol. The molecule has 6 heteroatoms. The smallest absolute Gasteiger partial charge is 0.308 e. The minimum atomic E-state index is -0.909. The highest BCUT2D eigenvalue weighted by Gasteiger charge is 2.20. The zero-order chi connectivity index (χ0) is 17.7. The van der Waals surface area contributed by atoms with Crippen LogP contribution in [0.2, 0.25) is 0 Å². The van der Waals surface area contributed by atoms with Crippen LogP contribution >= 0.6 is 0 Å². The van der Waals surface area contributed by atoms with E-state index in [1.54, 1.807) is 4.68 Å². The fraction of sp³-hybridized carbons (Fsp3) is 0.389. The van der Waals surface area contributed by atoms with Crippen molar-refractivity contribution in [2.45, 2.75) is 26.7 Å². The molecule has 1 heterocycles. The monoisotopic (exact) mass is 329 g/mol. The van der Waals surface area contributed by atoms with Crippen LogP contribution in [0.5, 0.6) is 0 Å². The zero-order valence-electron chi connectivity index (χ0n) is 14.2. The van der Waals surface area contributed by atoms with Crippen LogP contribution in [-0.4, -0.2) is 33.3 Å². The number of amides is 1. The molecule has 0 aliphatic rings. The number of hydrogen-bond donors (Lipinski definition) is 2. The number of nitrogens with zero attached hydrogens (tertiary/aromatic N) is 2. The van der Waals surface area contributed by atoms with Gasteiger partial charge >= 0.3 is 5.97 Å². The summed E-state index contributed by atoms with van der Waals surface area (Å²) in [7, 11) is 1.84. The predicted octanol–water partition coefficient (Wildman–Crippen LogP) is 1.64. The Morgan fingerprint density at radius 2 is 1.92 bits per heavy atom. The van der Waals surface area contributed by atoms with Crippen LogP contribution in [-0.2, 0) is 29.5 Å². The van der Waals surface area contributed by atoms with E-state index in [-0.39, 0.29) is 18.9 Å². The van der Waals surface area contributed by atoms with Gasteiger partial charge in [-0.05, 0) is 25.8 Å². The third-order valence-electron chi connectivity index (χ3n) is 4.22. The van der Waals surface area contributed by atoms with E-state index >= 15 is 0 Å². The Kier molecular flexibility index (Phi) is 5.73. The first-order chi connectivity index (χ1) is 11.4. The van der Waals surface area contributed by atoms with E-state index in [4.69, 9.17) is 0 Å². The summed E-state index contributed by atoms with van der Waals surface area (Å²) in [5, 5.41) is 16.4. The quantitative estimate of drug-likeness (QED) is 0.809. The second kappa shape index (κ2) is 7.77. The van der Waals surface area contributed by atoms with E-state index in [2.05, 4.69) is 10.4 Å². The fourth-order valence-electron chi connectivity index (χ4n) is 2.68. The Bertz CT molecular complexity index is 723. The maximum atomic E-state index is 12.2. The van der Waals surface area contributed by atoms with Crippen molar-refractivity contribution in [1.29, 1.82) is 0 Å². The maximum absolute atomic E-state index is 12.2. The third-order valence-corrected chi connectivity index (χ3v) is 4.22. The van der Waals surface area contributed by atoms with Gasteiger partial charge in [0.05, 0.1) is 18.0 Å². The van der Waals surface area contributed by atoms with Crippen molar-refractivity contribution in [2.75, 3.05) is 6.54 Å². The molecule has 1 aromatic heterocycles. The Morgan fingerprint density at radius 3 is 2.46 bits per heavy atom. The molecule has 0 radical (unpaired) electrons. The standard InChI is InChI=1S/C18H23N3O3/c1-12-16(13(2)21(3)20-12)10-17(22)19-11-15(18(23)24)9-14-7-5-4-6-8-14/h4-8,15H,9-11H2,1-3H3,(H,19,22)(H,23,24). The molecule has 6 nitrogen and oxygen atoms in total. The molecule has 0 aliphatic heterocycles. The number of carboxylic acids is 1. The number of carbonyl (C=O) groups excluding carboxylic acids is 1. The van der Waals surface area contributed by atoms with E-state index in [1.807, 2.05) is 51.2 Å². The second-order valence-corrected chi connectivity index (χ2v) is 5.98. The molecule has 0 saturated heterocycles. The van der Waals surface area contributed by atoms with Crippen molar-refractivity contribution in [3.05, 3.63) is 52.8 Å². The highest BCUT2D eigenvalue weighted by Crippen LogP contribution is 2.13. The van der Waals surface area contributed by atoms with Gasteiger partial charge in [-0.15, -0.1) is 0 Å². The van der Waals surface area contributed by atoms with Crippen molar-refractivity contribution in [2.24, 2.45) is 13.0 Å². The summed E-state index contributed by atoms with van der Waals surface area (Å²) in [6.45, 7) is 3.89. The first-order valence-electron chi connectivity index (χ1n) is 7.91. The van der Waals surface area contributed by atoms with Crippen molar-refractivity contribution < 1.29 is 14.7 Å². The number of hydrogen-bond acceptors (Lipinski definition) is 3. The third kappa shape index (κ3) is 4.44. The first-order valence-corrected chi connectivity index (χ1v) is 7.91. The number of rotatable bonds is 7. The summed E-state index contributed by atoms with van der Waals surface area (Å²) >= 11 is 0. The molecular formula is C18H23N3O3. The number of nitrogens with one attached hydrogen (secondary N) is 1. The van der Waals surface area contributed by atoms with Gasteiger partial charge in [0.15, 0.2) is 0 Å². The molecule has 1 unspecified atom stereocenters. The number of aromatic nitrogens is 2. The average molecular weight is 329 g/mol. The van der Waals surface area contributed by atoms with Crippen LogP contribution in [0.15, 0.2) is 30.3 Å². The van der Waals surface area contributed by atoms with Crippen LogP contribution in [0.4, 0.5) is 0 Å². The van der Waals surface area contributed by atoms with E-state index in [0.29, 0.717) is 6.42 Å². The van der Waals surface area contributed by atoms with Crippen LogP contribution in [0.1, 0.15) is 22.5 Å². The molecule has 0 fully saturated rings. The minimum absolute atomic E-state index is 0.113. The molecule has 0 bridgehead atoms. The molecule has 24 heavy (non-hydrogen) atoms. The number of aryl methyl sites for hydroxylation is 2. The summed E-state index contributed by atoms with van der Waals surface area (Å²) in [6, 6.07) is 9.42. The second-order valence-electron chi connectivity index (χ2n) is 5.98. The molecule has 128 valence electrons. The molecule has 0 saturated carbocycles. The first kappa shape index (κ1) is 17.7. The Labute approximate surface area is 141 Å². The molecule has 1 aromatic carbocycles. The molecule has 1 atom stereocenters. The topological polar surface area (TPSA) is 84.2 Å². The molecule has 0 aliphatic carbocycles. The molecule has 2 aromatic rings. The average Bonchev–Trinajstić information content (AvgIpc) is 2.78. The molecule has 1 amide bonds. The zero-order valence-corrected chi connectivity index (χ0v) is 14.2. The van der Waals surface area contributed by atoms with Gasteiger partial charge < -0.3 is 10.4 Å². The molecule has 2 N–H and O–H groups in total. The van der Waals surface area contributed by atoms with Gasteiger partial charge in [-0.2, -0.15) is 5.10 Å². The summed E-state index contributed by atoms with van der Waals surface area (Å²) in [5.74, 6) is -1.74. The lowest BCUT2D eigenvalue weighted by Gasteiger charge is -2.13. The summed E-state index contributed by atoms with van der Waals surface area (Å²) in [4.78, 5) is 23.6. The van der Waals surface area contributed by atoms with Crippen molar-refractivity contribution >= 4 is 11.9 Å². The van der Waals surface area contributed by atoms with Gasteiger partial charge in [-0.25, -0.2) is 0 Å². The number of carbonyl (C=O) groups is 2. The minimum Gasteiger partial charge on any atom is -0.481 e. The van der Waals surface area contributed by atoms with Gasteiger partial charge in [0.1, 0.15) is 0 Å².